The van der Waals surface area contributed by atoms with E-state index in [-0.39, 0.29) is 12.5 Å². The molecule has 0 aliphatic heterocycles. The second-order valence-electron chi connectivity index (χ2n) is 5.88. The molecule has 1 saturated carbocycles. The van der Waals surface area contributed by atoms with Crippen LogP contribution in [0.4, 0.5) is 0 Å². The van der Waals surface area contributed by atoms with Gasteiger partial charge in [-0.3, -0.25) is 4.79 Å². The molecule has 2 rings (SSSR count). The Balaban J connectivity index is 1.80. The molecule has 2 N–H and O–H groups in total. The van der Waals surface area contributed by atoms with E-state index < -0.39 is 0 Å². The summed E-state index contributed by atoms with van der Waals surface area (Å²) in [7, 11) is 1.87. The maximum Gasteiger partial charge on any atom is 0.260 e. The number of ether oxygens (including phenoxy) is 1. The molecule has 0 aromatic heterocycles. The van der Waals surface area contributed by atoms with E-state index in [1.165, 1.54) is 32.1 Å². The molecule has 0 atom stereocenters. The van der Waals surface area contributed by atoms with Gasteiger partial charge in [0.15, 0.2) is 6.61 Å². The number of likely N-dealkylation sites (N-methyl/N-ethyl adjacent to an activating group) is 1. The molecular weight excluding hydrogens is 264 g/mol. The Labute approximate surface area is 127 Å². The van der Waals surface area contributed by atoms with Crippen molar-refractivity contribution in [3.05, 3.63) is 29.8 Å². The van der Waals surface area contributed by atoms with E-state index in [0.717, 1.165) is 12.1 Å². The van der Waals surface area contributed by atoms with E-state index in [0.29, 0.717) is 18.2 Å². The summed E-state index contributed by atoms with van der Waals surface area (Å²) in [5.74, 6) is 1.40. The monoisotopic (exact) mass is 290 g/mol. The zero-order chi connectivity index (χ0) is 15.1. The Morgan fingerprint density at radius 3 is 2.71 bits per heavy atom. The number of nitrogens with zero attached hydrogens (tertiary/aromatic N) is 1. The third-order valence-corrected chi connectivity index (χ3v) is 4.23. The highest BCUT2D eigenvalue weighted by atomic mass is 16.5. The average molecular weight is 290 g/mol. The zero-order valence-corrected chi connectivity index (χ0v) is 12.9. The normalized spacial score (nSPS) is 15.7. The molecule has 1 fully saturated rings. The van der Waals surface area contributed by atoms with Crippen LogP contribution in [0.15, 0.2) is 24.3 Å². The van der Waals surface area contributed by atoms with Gasteiger partial charge in [0.2, 0.25) is 0 Å². The van der Waals surface area contributed by atoms with Crippen LogP contribution in [0.3, 0.4) is 0 Å². The van der Waals surface area contributed by atoms with Gasteiger partial charge in [-0.25, -0.2) is 0 Å². The van der Waals surface area contributed by atoms with Gasteiger partial charge in [-0.05, 0) is 24.8 Å². The van der Waals surface area contributed by atoms with Gasteiger partial charge in [-0.2, -0.15) is 0 Å². The van der Waals surface area contributed by atoms with Crippen LogP contribution in [-0.4, -0.2) is 31.0 Å². The Bertz CT molecular complexity index is 456. The van der Waals surface area contributed by atoms with E-state index in [9.17, 15) is 4.79 Å². The van der Waals surface area contributed by atoms with Gasteiger partial charge < -0.3 is 15.4 Å². The third-order valence-electron chi connectivity index (χ3n) is 4.23. The first kappa shape index (κ1) is 15.8. The second kappa shape index (κ2) is 8.03. The number of carbonyl (C=O) groups excluding carboxylic acids is 1. The van der Waals surface area contributed by atoms with Crippen LogP contribution in [0.1, 0.15) is 37.7 Å². The van der Waals surface area contributed by atoms with E-state index in [1.807, 2.05) is 31.3 Å². The predicted molar refractivity (Wildman–Crippen MR) is 84.0 cm³/mol. The molecule has 1 amide bonds. The van der Waals surface area contributed by atoms with Crippen LogP contribution in [0.2, 0.25) is 0 Å². The van der Waals surface area contributed by atoms with Crippen molar-refractivity contribution in [1.82, 2.24) is 4.90 Å². The minimum atomic E-state index is 0.0346. The summed E-state index contributed by atoms with van der Waals surface area (Å²) in [6, 6.07) is 7.60. The molecule has 0 unspecified atom stereocenters. The minimum absolute atomic E-state index is 0.0346. The largest absolute Gasteiger partial charge is 0.483 e. The number of nitrogens with two attached hydrogens (primary N) is 1. The van der Waals surface area contributed by atoms with E-state index in [1.54, 1.807) is 4.90 Å². The minimum Gasteiger partial charge on any atom is -0.483 e. The van der Waals surface area contributed by atoms with Crippen molar-refractivity contribution in [1.29, 1.82) is 0 Å². The standard InChI is InChI=1S/C17H26N2O2/c1-19(12-14-7-3-2-4-8-14)17(20)13-21-16-10-6-5-9-15(16)11-18/h5-6,9-10,14H,2-4,7-8,11-13,18H2,1H3. The Morgan fingerprint density at radius 1 is 1.29 bits per heavy atom. The lowest BCUT2D eigenvalue weighted by atomic mass is 9.89. The fourth-order valence-corrected chi connectivity index (χ4v) is 2.92. The summed E-state index contributed by atoms with van der Waals surface area (Å²) in [5.41, 5.74) is 6.60. The van der Waals surface area contributed by atoms with Gasteiger partial charge in [-0.1, -0.05) is 37.5 Å². The number of hydrogen-bond donors (Lipinski definition) is 1. The molecule has 0 bridgehead atoms. The van der Waals surface area contributed by atoms with Gasteiger partial charge in [0.1, 0.15) is 5.75 Å². The molecule has 116 valence electrons. The van der Waals surface area contributed by atoms with Crippen LogP contribution >= 0.6 is 0 Å². The number of carbonyl (C=O) groups is 1. The highest BCUT2D eigenvalue weighted by Gasteiger charge is 2.18. The average Bonchev–Trinajstić information content (AvgIpc) is 2.53. The summed E-state index contributed by atoms with van der Waals surface area (Å²) in [4.78, 5) is 14.0. The maximum atomic E-state index is 12.2. The summed E-state index contributed by atoms with van der Waals surface area (Å²) < 4.78 is 5.63. The predicted octanol–water partition coefficient (Wildman–Crippen LogP) is 2.56. The lowest BCUT2D eigenvalue weighted by Gasteiger charge is -2.27. The number of para-hydroxylation sites is 1. The first-order valence-corrected chi connectivity index (χ1v) is 7.85. The molecule has 0 spiro atoms. The van der Waals surface area contributed by atoms with Crippen LogP contribution < -0.4 is 10.5 Å². The smallest absolute Gasteiger partial charge is 0.260 e. The van der Waals surface area contributed by atoms with Crippen molar-refractivity contribution < 1.29 is 9.53 Å². The van der Waals surface area contributed by atoms with Crippen molar-refractivity contribution in [2.75, 3.05) is 20.2 Å². The first-order valence-electron chi connectivity index (χ1n) is 7.85. The number of amides is 1. The summed E-state index contributed by atoms with van der Waals surface area (Å²) in [6.45, 7) is 1.35. The highest BCUT2D eigenvalue weighted by molar-refractivity contribution is 5.77. The Kier molecular flexibility index (Phi) is 6.05. The van der Waals surface area contributed by atoms with Crippen LogP contribution in [0, 0.1) is 5.92 Å². The lowest BCUT2D eigenvalue weighted by molar-refractivity contribution is -0.132. The fourth-order valence-electron chi connectivity index (χ4n) is 2.92. The molecule has 0 radical (unpaired) electrons. The second-order valence-corrected chi connectivity index (χ2v) is 5.88. The SMILES string of the molecule is CN(CC1CCCCC1)C(=O)COc1ccccc1CN. The van der Waals surface area contributed by atoms with E-state index >= 15 is 0 Å². The molecule has 4 heteroatoms. The van der Waals surface area contributed by atoms with Crippen LogP contribution in [0.5, 0.6) is 5.75 Å². The van der Waals surface area contributed by atoms with Gasteiger partial charge >= 0.3 is 0 Å². The number of rotatable bonds is 6. The maximum absolute atomic E-state index is 12.2. The van der Waals surface area contributed by atoms with Gasteiger partial charge in [0.25, 0.3) is 5.91 Å². The quantitative estimate of drug-likeness (QED) is 0.876. The Hall–Kier alpha value is -1.55. The summed E-state index contributed by atoms with van der Waals surface area (Å²) >= 11 is 0. The number of benzene rings is 1. The lowest BCUT2D eigenvalue weighted by Crippen LogP contribution is -2.35. The zero-order valence-electron chi connectivity index (χ0n) is 12.9. The molecular formula is C17H26N2O2. The van der Waals surface area contributed by atoms with Crippen molar-refractivity contribution >= 4 is 5.91 Å². The highest BCUT2D eigenvalue weighted by Crippen LogP contribution is 2.24. The van der Waals surface area contributed by atoms with Crippen molar-refractivity contribution in [2.24, 2.45) is 11.7 Å². The van der Waals surface area contributed by atoms with Crippen molar-refractivity contribution in [3.63, 3.8) is 0 Å². The van der Waals surface area contributed by atoms with E-state index in [2.05, 4.69) is 0 Å². The van der Waals surface area contributed by atoms with Gasteiger partial charge in [-0.15, -0.1) is 0 Å². The fraction of sp³-hybridized carbons (Fsp3) is 0.588. The molecule has 4 nitrogen and oxygen atoms in total. The molecule has 1 aliphatic rings. The first-order chi connectivity index (χ1) is 10.2. The van der Waals surface area contributed by atoms with Gasteiger partial charge in [0, 0.05) is 25.7 Å². The van der Waals surface area contributed by atoms with Crippen molar-refractivity contribution in [3.8, 4) is 5.75 Å². The van der Waals surface area contributed by atoms with Gasteiger partial charge in [0.05, 0.1) is 0 Å². The third kappa shape index (κ3) is 4.74. The summed E-state index contributed by atoms with van der Waals surface area (Å²) in [6.07, 6.45) is 6.43. The topological polar surface area (TPSA) is 55.6 Å². The molecule has 1 aromatic rings. The molecule has 1 aliphatic carbocycles. The van der Waals surface area contributed by atoms with Crippen LogP contribution in [0.25, 0.3) is 0 Å². The molecule has 21 heavy (non-hydrogen) atoms. The molecule has 0 heterocycles. The number of hydrogen-bond acceptors (Lipinski definition) is 3. The molecule has 1 aromatic carbocycles. The van der Waals surface area contributed by atoms with Crippen molar-refractivity contribution in [2.45, 2.75) is 38.6 Å². The molecule has 0 saturated heterocycles. The Morgan fingerprint density at radius 2 is 2.00 bits per heavy atom. The van der Waals surface area contributed by atoms with Crippen LogP contribution in [-0.2, 0) is 11.3 Å². The summed E-state index contributed by atoms with van der Waals surface area (Å²) in [5, 5.41) is 0. The van der Waals surface area contributed by atoms with E-state index in [4.69, 9.17) is 10.5 Å².